The van der Waals surface area contributed by atoms with E-state index < -0.39 is 22.7 Å². The van der Waals surface area contributed by atoms with Crippen LogP contribution in [0.5, 0.6) is 5.75 Å². The number of urea groups is 1. The largest absolute Gasteiger partial charge is 0.487 e. The predicted molar refractivity (Wildman–Crippen MR) is 133 cm³/mol. The summed E-state index contributed by atoms with van der Waals surface area (Å²) < 4.78 is 20.2. The molecule has 0 unspecified atom stereocenters. The Kier molecular flexibility index (Phi) is 7.27. The summed E-state index contributed by atoms with van der Waals surface area (Å²) in [5.74, 6) is -0.391. The highest BCUT2D eigenvalue weighted by Crippen LogP contribution is 2.36. The lowest BCUT2D eigenvalue weighted by atomic mass is 10.1. The van der Waals surface area contributed by atoms with Crippen molar-refractivity contribution in [2.24, 2.45) is 0 Å². The average molecular weight is 605 g/mol. The first-order valence-corrected chi connectivity index (χ1v) is 11.7. The molecule has 8 nitrogen and oxygen atoms in total. The van der Waals surface area contributed by atoms with Gasteiger partial charge in [0.05, 0.1) is 20.4 Å². The van der Waals surface area contributed by atoms with Gasteiger partial charge in [-0.2, -0.15) is 0 Å². The van der Waals surface area contributed by atoms with E-state index in [1.165, 1.54) is 36.4 Å². The maximum atomic E-state index is 13.1. The van der Waals surface area contributed by atoms with Crippen LogP contribution in [0.1, 0.15) is 16.7 Å². The summed E-state index contributed by atoms with van der Waals surface area (Å²) >= 11 is 6.91. The van der Waals surface area contributed by atoms with E-state index in [1.807, 2.05) is 0 Å². The predicted octanol–water partition coefficient (Wildman–Crippen LogP) is 5.93. The Morgan fingerprint density at radius 1 is 1.00 bits per heavy atom. The van der Waals surface area contributed by atoms with Crippen LogP contribution < -0.4 is 10.1 Å². The maximum Gasteiger partial charge on any atom is 0.329 e. The van der Waals surface area contributed by atoms with E-state index >= 15 is 0 Å². The maximum absolute atomic E-state index is 13.1. The normalized spacial score (nSPS) is 14.4. The van der Waals surface area contributed by atoms with Gasteiger partial charge in [-0.3, -0.25) is 19.8 Å². The van der Waals surface area contributed by atoms with Crippen LogP contribution in [0.15, 0.2) is 75.3 Å². The topological polar surface area (TPSA) is 102 Å². The van der Waals surface area contributed by atoms with Gasteiger partial charge in [0, 0.05) is 12.1 Å². The molecule has 1 N–H and O–H groups in total. The third kappa shape index (κ3) is 5.75. The van der Waals surface area contributed by atoms with E-state index in [1.54, 1.807) is 30.3 Å². The van der Waals surface area contributed by atoms with E-state index in [0.717, 1.165) is 10.5 Å². The molecule has 0 bridgehead atoms. The third-order valence-corrected chi connectivity index (χ3v) is 6.26. The molecule has 0 atom stereocenters. The standard InChI is InChI=1S/C24H16Br2FN3O5/c25-19-9-16(10-20(26)22(19)35-13-15-3-7-18(8-4-15)30(33)34)11-21-23(31)29(24(32)28-21)12-14-1-5-17(27)6-2-14/h1-11H,12-13H2,(H,28,32)/b21-11+. The zero-order valence-corrected chi connectivity index (χ0v) is 21.0. The van der Waals surface area contributed by atoms with Crippen molar-refractivity contribution in [2.45, 2.75) is 13.2 Å². The Hall–Kier alpha value is -3.57. The van der Waals surface area contributed by atoms with E-state index in [4.69, 9.17) is 4.74 Å². The minimum Gasteiger partial charge on any atom is -0.487 e. The highest BCUT2D eigenvalue weighted by atomic mass is 79.9. The summed E-state index contributed by atoms with van der Waals surface area (Å²) in [5, 5.41) is 13.3. The number of nitro groups is 1. The van der Waals surface area contributed by atoms with Gasteiger partial charge in [0.25, 0.3) is 11.6 Å². The lowest BCUT2D eigenvalue weighted by Gasteiger charge is -2.12. The lowest BCUT2D eigenvalue weighted by Crippen LogP contribution is -2.30. The van der Waals surface area contributed by atoms with Crippen molar-refractivity contribution in [1.82, 2.24) is 10.2 Å². The van der Waals surface area contributed by atoms with Gasteiger partial charge in [0.1, 0.15) is 23.9 Å². The van der Waals surface area contributed by atoms with Crippen LogP contribution in [-0.4, -0.2) is 21.8 Å². The molecule has 1 fully saturated rings. The Bertz CT molecular complexity index is 1320. The highest BCUT2D eigenvalue weighted by molar-refractivity contribution is 9.11. The van der Waals surface area contributed by atoms with Gasteiger partial charge < -0.3 is 10.1 Å². The number of nitrogens with one attached hydrogen (secondary N) is 1. The number of ether oxygens (including phenoxy) is 1. The van der Waals surface area contributed by atoms with Crippen LogP contribution in [0.3, 0.4) is 0 Å². The second-order valence-electron chi connectivity index (χ2n) is 7.53. The summed E-state index contributed by atoms with van der Waals surface area (Å²) in [6.45, 7) is 0.202. The van der Waals surface area contributed by atoms with Crippen LogP contribution in [-0.2, 0) is 17.9 Å². The summed E-state index contributed by atoms with van der Waals surface area (Å²) in [5.41, 5.74) is 2.10. The molecular weight excluding hydrogens is 589 g/mol. The fourth-order valence-electron chi connectivity index (χ4n) is 3.32. The number of nitrogens with zero attached hydrogens (tertiary/aromatic N) is 2. The Balaban J connectivity index is 1.47. The summed E-state index contributed by atoms with van der Waals surface area (Å²) in [4.78, 5) is 36.5. The Morgan fingerprint density at radius 3 is 2.20 bits per heavy atom. The van der Waals surface area contributed by atoms with Crippen LogP contribution in [0.25, 0.3) is 6.08 Å². The number of rotatable bonds is 7. The molecule has 0 spiro atoms. The molecule has 0 aromatic heterocycles. The average Bonchev–Trinajstić information content (AvgIpc) is 3.07. The fourth-order valence-corrected chi connectivity index (χ4v) is 4.78. The smallest absolute Gasteiger partial charge is 0.329 e. The minimum absolute atomic E-state index is 0.00159. The van der Waals surface area contributed by atoms with Gasteiger partial charge in [-0.05, 0) is 91.0 Å². The number of hydrogen-bond acceptors (Lipinski definition) is 5. The van der Waals surface area contributed by atoms with Crippen molar-refractivity contribution in [3.8, 4) is 5.75 Å². The zero-order valence-electron chi connectivity index (χ0n) is 17.8. The first-order valence-electron chi connectivity index (χ1n) is 10.2. The number of carbonyl (C=O) groups excluding carboxylic acids is 2. The molecule has 35 heavy (non-hydrogen) atoms. The number of halogens is 3. The number of nitro benzene ring substituents is 1. The number of non-ortho nitro benzene ring substituents is 1. The van der Waals surface area contributed by atoms with Gasteiger partial charge in [0.15, 0.2) is 0 Å². The molecule has 0 aliphatic carbocycles. The molecule has 3 amide bonds. The highest BCUT2D eigenvalue weighted by Gasteiger charge is 2.33. The van der Waals surface area contributed by atoms with Gasteiger partial charge in [0.2, 0.25) is 0 Å². The minimum atomic E-state index is -0.563. The molecule has 1 heterocycles. The number of amides is 3. The van der Waals surface area contributed by atoms with E-state index in [-0.39, 0.29) is 24.5 Å². The molecular formula is C24H16Br2FN3O5. The van der Waals surface area contributed by atoms with Crippen molar-refractivity contribution in [1.29, 1.82) is 0 Å². The van der Waals surface area contributed by atoms with E-state index in [0.29, 0.717) is 25.8 Å². The van der Waals surface area contributed by atoms with Crippen LogP contribution in [0.2, 0.25) is 0 Å². The number of benzene rings is 3. The van der Waals surface area contributed by atoms with Crippen molar-refractivity contribution in [3.63, 3.8) is 0 Å². The SMILES string of the molecule is O=C1N/C(=C/c2cc(Br)c(OCc3ccc([N+](=O)[O-])cc3)c(Br)c2)C(=O)N1Cc1ccc(F)cc1. The Labute approximate surface area is 215 Å². The Morgan fingerprint density at radius 2 is 1.60 bits per heavy atom. The molecule has 3 aromatic rings. The zero-order chi connectivity index (χ0) is 25.1. The second-order valence-corrected chi connectivity index (χ2v) is 9.24. The van der Waals surface area contributed by atoms with Gasteiger partial charge in [-0.25, -0.2) is 9.18 Å². The van der Waals surface area contributed by atoms with Crippen LogP contribution in [0, 0.1) is 15.9 Å². The van der Waals surface area contributed by atoms with Crippen molar-refractivity contribution in [2.75, 3.05) is 0 Å². The monoisotopic (exact) mass is 603 g/mol. The molecule has 11 heteroatoms. The van der Waals surface area contributed by atoms with Gasteiger partial charge >= 0.3 is 6.03 Å². The summed E-state index contributed by atoms with van der Waals surface area (Å²) in [7, 11) is 0. The molecule has 178 valence electrons. The van der Waals surface area contributed by atoms with Crippen LogP contribution >= 0.6 is 31.9 Å². The van der Waals surface area contributed by atoms with Crippen molar-refractivity contribution in [3.05, 3.63) is 108 Å². The first kappa shape index (κ1) is 24.6. The second kappa shape index (κ2) is 10.4. The van der Waals surface area contributed by atoms with Crippen LogP contribution in [0.4, 0.5) is 14.9 Å². The fraction of sp³-hybridized carbons (Fsp3) is 0.0833. The lowest BCUT2D eigenvalue weighted by molar-refractivity contribution is -0.384. The molecule has 1 aliphatic rings. The molecule has 3 aromatic carbocycles. The molecule has 1 aliphatic heterocycles. The van der Waals surface area contributed by atoms with Crippen molar-refractivity contribution >= 4 is 55.6 Å². The van der Waals surface area contributed by atoms with Gasteiger partial charge in [-0.15, -0.1) is 0 Å². The first-order chi connectivity index (χ1) is 16.7. The number of hydrogen-bond donors (Lipinski definition) is 1. The molecule has 0 radical (unpaired) electrons. The summed E-state index contributed by atoms with van der Waals surface area (Å²) in [6, 6.07) is 14.5. The van der Waals surface area contributed by atoms with E-state index in [9.17, 15) is 24.1 Å². The van der Waals surface area contributed by atoms with E-state index in [2.05, 4.69) is 37.2 Å². The van der Waals surface area contributed by atoms with Gasteiger partial charge in [-0.1, -0.05) is 12.1 Å². The quantitative estimate of drug-likeness (QED) is 0.156. The summed E-state index contributed by atoms with van der Waals surface area (Å²) in [6.07, 6.45) is 1.54. The molecule has 0 saturated carbocycles. The third-order valence-electron chi connectivity index (χ3n) is 5.08. The number of imide groups is 1. The molecule has 1 saturated heterocycles. The van der Waals surface area contributed by atoms with Crippen molar-refractivity contribution < 1.29 is 23.6 Å². The number of carbonyl (C=O) groups is 2. The molecule has 4 rings (SSSR count).